The van der Waals surface area contributed by atoms with Gasteiger partial charge in [0.05, 0.1) is 0 Å². The molecule has 0 bridgehead atoms. The van der Waals surface area contributed by atoms with E-state index >= 15 is 0 Å². The van der Waals surface area contributed by atoms with E-state index in [1.165, 1.54) is 0 Å². The highest BCUT2D eigenvalue weighted by molar-refractivity contribution is 5.13. The number of aromatic amines is 1. The van der Waals surface area contributed by atoms with Gasteiger partial charge in [-0.2, -0.15) is 5.26 Å². The Kier molecular flexibility index (Phi) is 1.29. The van der Waals surface area contributed by atoms with Gasteiger partial charge in [-0.3, -0.25) is 0 Å². The van der Waals surface area contributed by atoms with Gasteiger partial charge in [0.15, 0.2) is 6.07 Å². The average molecular weight is 139 g/mol. The Morgan fingerprint density at radius 1 is 1.80 bits per heavy atom. The number of hydrogen-bond acceptors (Lipinski definition) is 5. The minimum atomic E-state index is -0.756. The third-order valence-electron chi connectivity index (χ3n) is 0.747. The normalized spacial score (nSPS) is 8.70. The van der Waals surface area contributed by atoms with Crippen molar-refractivity contribution in [3.63, 3.8) is 0 Å². The van der Waals surface area contributed by atoms with Crippen LogP contribution in [0.15, 0.2) is 0 Å². The lowest BCUT2D eigenvalue weighted by molar-refractivity contribution is -0.394. The summed E-state index contributed by atoms with van der Waals surface area (Å²) in [6, 6.07) is 1.54. The first-order valence-corrected chi connectivity index (χ1v) is 2.21. The highest BCUT2D eigenvalue weighted by Gasteiger charge is 2.11. The van der Waals surface area contributed by atoms with E-state index in [0.717, 1.165) is 0 Å². The summed E-state index contributed by atoms with van der Waals surface area (Å²) in [5, 5.41) is 23.2. The van der Waals surface area contributed by atoms with Crippen LogP contribution in [0.25, 0.3) is 0 Å². The molecule has 0 fully saturated rings. The number of nitrogens with one attached hydrogen (secondary N) is 1. The van der Waals surface area contributed by atoms with E-state index in [2.05, 4.69) is 10.1 Å². The van der Waals surface area contributed by atoms with Crippen LogP contribution in [0.4, 0.5) is 5.95 Å². The predicted octanol–water partition coefficient (Wildman–Crippen LogP) is -0.415. The number of nitriles is 1. The summed E-state index contributed by atoms with van der Waals surface area (Å²) in [6.07, 6.45) is 0. The molecular formula is C3HN5O2. The lowest BCUT2D eigenvalue weighted by Gasteiger charge is -1.82. The van der Waals surface area contributed by atoms with Crippen molar-refractivity contribution in [1.29, 1.82) is 5.26 Å². The summed E-state index contributed by atoms with van der Waals surface area (Å²) < 4.78 is 0. The molecular weight excluding hydrogens is 138 g/mol. The molecule has 1 aromatic heterocycles. The smallest absolute Gasteiger partial charge is 0.390 e. The van der Waals surface area contributed by atoms with Gasteiger partial charge in [0, 0.05) is 0 Å². The minimum absolute atomic E-state index is 0.230. The van der Waals surface area contributed by atoms with Crippen LogP contribution in [0.5, 0.6) is 0 Å². The summed E-state index contributed by atoms with van der Waals surface area (Å²) in [5.41, 5.74) is 0. The fraction of sp³-hybridized carbons (Fsp3) is 0. The van der Waals surface area contributed by atoms with E-state index in [4.69, 9.17) is 5.26 Å². The molecule has 0 spiro atoms. The van der Waals surface area contributed by atoms with Crippen LogP contribution >= 0.6 is 0 Å². The second-order valence-electron chi connectivity index (χ2n) is 1.35. The van der Waals surface area contributed by atoms with E-state index in [9.17, 15) is 10.1 Å². The minimum Gasteiger partial charge on any atom is -0.390 e. The first-order valence-electron chi connectivity index (χ1n) is 2.21. The lowest BCUT2D eigenvalue weighted by Crippen LogP contribution is -1.89. The van der Waals surface area contributed by atoms with Crippen molar-refractivity contribution in [2.75, 3.05) is 0 Å². The molecule has 0 amide bonds. The maximum atomic E-state index is 9.89. The molecule has 0 saturated carbocycles. The Hall–Kier alpha value is -1.97. The van der Waals surface area contributed by atoms with Crippen LogP contribution in [0.1, 0.15) is 5.82 Å². The van der Waals surface area contributed by atoms with Crippen molar-refractivity contribution >= 4 is 5.95 Å². The first-order chi connectivity index (χ1) is 4.74. The van der Waals surface area contributed by atoms with Gasteiger partial charge in [0.25, 0.3) is 0 Å². The van der Waals surface area contributed by atoms with Gasteiger partial charge in [-0.15, -0.1) is 5.10 Å². The van der Waals surface area contributed by atoms with E-state index in [1.54, 1.807) is 6.07 Å². The highest BCUT2D eigenvalue weighted by Crippen LogP contribution is 1.98. The van der Waals surface area contributed by atoms with Gasteiger partial charge in [-0.25, -0.2) is 0 Å². The Morgan fingerprint density at radius 3 is 2.80 bits per heavy atom. The summed E-state index contributed by atoms with van der Waals surface area (Å²) in [5.74, 6) is -0.747. The Labute approximate surface area is 54.5 Å². The van der Waals surface area contributed by atoms with E-state index in [1.807, 2.05) is 5.10 Å². The van der Waals surface area contributed by atoms with Crippen LogP contribution in [0, 0.1) is 21.4 Å². The number of aromatic nitrogens is 3. The van der Waals surface area contributed by atoms with E-state index < -0.39 is 10.9 Å². The topological polar surface area (TPSA) is 108 Å². The van der Waals surface area contributed by atoms with Crippen LogP contribution in [0.2, 0.25) is 0 Å². The van der Waals surface area contributed by atoms with Gasteiger partial charge < -0.3 is 10.1 Å². The molecule has 1 aromatic rings. The molecule has 7 nitrogen and oxygen atoms in total. The Balaban J connectivity index is 3.02. The number of rotatable bonds is 1. The summed E-state index contributed by atoms with van der Waals surface area (Å²) in [4.78, 5) is 12.3. The SMILES string of the molecule is N#Cc1n[nH]c([N+](=O)[O-])n1. The fourth-order valence-corrected chi connectivity index (χ4v) is 0.385. The molecule has 1 rings (SSSR count). The highest BCUT2D eigenvalue weighted by atomic mass is 16.6. The third kappa shape index (κ3) is 0.899. The maximum absolute atomic E-state index is 9.89. The number of H-pyrrole nitrogens is 1. The largest absolute Gasteiger partial charge is 0.454 e. The quantitative estimate of drug-likeness (QED) is 0.420. The standard InChI is InChI=1S/C3HN5O2/c4-1-2-5-3(7-6-2)8(9)10/h(H,5,6,7). The van der Waals surface area contributed by atoms with Gasteiger partial charge >= 0.3 is 11.8 Å². The molecule has 7 heteroatoms. The zero-order chi connectivity index (χ0) is 7.56. The van der Waals surface area contributed by atoms with Gasteiger partial charge in [-0.05, 0) is 9.91 Å². The molecule has 0 aliphatic carbocycles. The Bertz CT molecular complexity index is 296. The van der Waals surface area contributed by atoms with Gasteiger partial charge in [-0.1, -0.05) is 5.10 Å². The maximum Gasteiger partial charge on any atom is 0.454 e. The first kappa shape index (κ1) is 6.15. The average Bonchev–Trinajstić information content (AvgIpc) is 2.34. The van der Waals surface area contributed by atoms with Gasteiger partial charge in [0.1, 0.15) is 0 Å². The number of hydrogen-bond donors (Lipinski definition) is 1. The zero-order valence-electron chi connectivity index (χ0n) is 4.61. The molecule has 0 aliphatic rings. The van der Waals surface area contributed by atoms with Crippen LogP contribution in [-0.4, -0.2) is 20.1 Å². The van der Waals surface area contributed by atoms with E-state index in [-0.39, 0.29) is 5.82 Å². The molecule has 0 radical (unpaired) electrons. The summed E-state index contributed by atoms with van der Waals surface area (Å²) in [7, 11) is 0. The molecule has 1 heterocycles. The van der Waals surface area contributed by atoms with Crippen molar-refractivity contribution in [3.05, 3.63) is 15.9 Å². The molecule has 1 N–H and O–H groups in total. The van der Waals surface area contributed by atoms with Crippen LogP contribution < -0.4 is 0 Å². The van der Waals surface area contributed by atoms with Gasteiger partial charge in [0.2, 0.25) is 0 Å². The van der Waals surface area contributed by atoms with Crippen molar-refractivity contribution < 1.29 is 4.92 Å². The van der Waals surface area contributed by atoms with Crippen LogP contribution in [0.3, 0.4) is 0 Å². The van der Waals surface area contributed by atoms with E-state index in [0.29, 0.717) is 0 Å². The predicted molar refractivity (Wildman–Crippen MR) is 27.8 cm³/mol. The second-order valence-corrected chi connectivity index (χ2v) is 1.35. The molecule has 0 unspecified atom stereocenters. The number of nitro groups is 1. The molecule has 50 valence electrons. The molecule has 0 atom stereocenters. The van der Waals surface area contributed by atoms with Crippen molar-refractivity contribution in [3.8, 4) is 6.07 Å². The molecule has 10 heavy (non-hydrogen) atoms. The van der Waals surface area contributed by atoms with Crippen molar-refractivity contribution in [1.82, 2.24) is 15.2 Å². The monoisotopic (exact) mass is 139 g/mol. The lowest BCUT2D eigenvalue weighted by atomic mass is 10.7. The van der Waals surface area contributed by atoms with Crippen molar-refractivity contribution in [2.45, 2.75) is 0 Å². The Morgan fingerprint density at radius 2 is 2.50 bits per heavy atom. The zero-order valence-corrected chi connectivity index (χ0v) is 4.61. The third-order valence-corrected chi connectivity index (χ3v) is 0.747. The number of nitrogens with zero attached hydrogens (tertiary/aromatic N) is 4. The summed E-state index contributed by atoms with van der Waals surface area (Å²) >= 11 is 0. The molecule has 0 aliphatic heterocycles. The van der Waals surface area contributed by atoms with Crippen LogP contribution in [-0.2, 0) is 0 Å². The summed E-state index contributed by atoms with van der Waals surface area (Å²) in [6.45, 7) is 0. The van der Waals surface area contributed by atoms with Crippen molar-refractivity contribution in [2.24, 2.45) is 0 Å². The molecule has 0 saturated heterocycles. The fourth-order valence-electron chi connectivity index (χ4n) is 0.385. The second kappa shape index (κ2) is 2.10. The molecule has 0 aromatic carbocycles.